The molecule has 0 atom stereocenters. The molecule has 0 aliphatic rings. The number of nitrogens with zero attached hydrogens (tertiary/aromatic N) is 3. The Bertz CT molecular complexity index is 752. The van der Waals surface area contributed by atoms with Gasteiger partial charge in [-0.3, -0.25) is 4.79 Å². The van der Waals surface area contributed by atoms with E-state index in [1.807, 2.05) is 36.4 Å². The minimum absolute atomic E-state index is 0.0395. The molecule has 21 heavy (non-hydrogen) atoms. The van der Waals surface area contributed by atoms with Crippen LogP contribution in [0, 0.1) is 0 Å². The van der Waals surface area contributed by atoms with Crippen LogP contribution >= 0.6 is 0 Å². The van der Waals surface area contributed by atoms with E-state index in [0.717, 1.165) is 10.4 Å². The summed E-state index contributed by atoms with van der Waals surface area (Å²) in [7, 11) is 0. The van der Waals surface area contributed by atoms with Gasteiger partial charge in [-0.25, -0.2) is 0 Å². The maximum atomic E-state index is 12.4. The lowest BCUT2D eigenvalue weighted by Crippen LogP contribution is -2.16. The summed E-state index contributed by atoms with van der Waals surface area (Å²) in [5.41, 5.74) is 6.92. The first-order chi connectivity index (χ1) is 10.2. The Labute approximate surface area is 121 Å². The molecule has 0 saturated heterocycles. The topological polar surface area (TPSA) is 85.8 Å². The molecule has 6 nitrogen and oxygen atoms in total. The van der Waals surface area contributed by atoms with Crippen molar-refractivity contribution in [1.82, 2.24) is 14.8 Å². The van der Waals surface area contributed by atoms with Gasteiger partial charge in [0.1, 0.15) is 0 Å². The molecule has 0 aliphatic heterocycles. The van der Waals surface area contributed by atoms with Crippen molar-refractivity contribution in [1.29, 1.82) is 0 Å². The van der Waals surface area contributed by atoms with E-state index in [0.29, 0.717) is 5.56 Å². The largest absolute Gasteiger partial charge is 0.366 e. The van der Waals surface area contributed by atoms with Gasteiger partial charge in [0.2, 0.25) is 11.9 Å². The lowest BCUT2D eigenvalue weighted by atomic mass is 10.2. The molecule has 104 valence electrons. The molecule has 3 N–H and O–H groups in total. The van der Waals surface area contributed by atoms with E-state index in [1.54, 1.807) is 24.3 Å². The molecule has 0 amide bonds. The molecule has 0 bridgehead atoms. The van der Waals surface area contributed by atoms with Gasteiger partial charge in [0.25, 0.3) is 5.91 Å². The molecule has 1 aromatic heterocycles. The summed E-state index contributed by atoms with van der Waals surface area (Å²) in [6, 6.07) is 18.2. The Morgan fingerprint density at radius 2 is 1.62 bits per heavy atom. The Morgan fingerprint density at radius 3 is 2.29 bits per heavy atom. The summed E-state index contributed by atoms with van der Waals surface area (Å²) >= 11 is 0. The summed E-state index contributed by atoms with van der Waals surface area (Å²) in [4.78, 5) is 16.5. The molecule has 1 heterocycles. The second-order valence-electron chi connectivity index (χ2n) is 4.37. The molecule has 0 spiro atoms. The van der Waals surface area contributed by atoms with Crippen molar-refractivity contribution in [2.75, 3.05) is 11.1 Å². The fourth-order valence-corrected chi connectivity index (χ4v) is 1.90. The van der Waals surface area contributed by atoms with E-state index >= 15 is 0 Å². The Kier molecular flexibility index (Phi) is 3.34. The first-order valence-electron chi connectivity index (χ1n) is 6.38. The van der Waals surface area contributed by atoms with Gasteiger partial charge in [-0.2, -0.15) is 9.67 Å². The molecule has 3 rings (SSSR count). The van der Waals surface area contributed by atoms with Crippen molar-refractivity contribution in [3.05, 3.63) is 66.2 Å². The SMILES string of the molecule is Nc1nc(Nc2ccccc2)n(C(=O)c2ccccc2)n1. The fraction of sp³-hybridized carbons (Fsp3) is 0. The molecule has 0 saturated carbocycles. The average Bonchev–Trinajstić information content (AvgIpc) is 2.89. The fourth-order valence-electron chi connectivity index (χ4n) is 1.90. The van der Waals surface area contributed by atoms with E-state index in [-0.39, 0.29) is 17.8 Å². The smallest absolute Gasteiger partial charge is 0.281 e. The van der Waals surface area contributed by atoms with Gasteiger partial charge >= 0.3 is 0 Å². The van der Waals surface area contributed by atoms with Crippen LogP contribution in [-0.4, -0.2) is 20.7 Å². The zero-order chi connectivity index (χ0) is 14.7. The molecule has 2 aromatic carbocycles. The third-order valence-corrected chi connectivity index (χ3v) is 2.87. The normalized spacial score (nSPS) is 10.3. The molecule has 0 fully saturated rings. The van der Waals surface area contributed by atoms with Crippen LogP contribution in [0.2, 0.25) is 0 Å². The molecular weight excluding hydrogens is 266 g/mol. The van der Waals surface area contributed by atoms with Crippen LogP contribution in [0.25, 0.3) is 0 Å². The molecule has 0 aliphatic carbocycles. The predicted molar refractivity (Wildman–Crippen MR) is 80.3 cm³/mol. The second-order valence-corrected chi connectivity index (χ2v) is 4.37. The zero-order valence-electron chi connectivity index (χ0n) is 11.1. The van der Waals surface area contributed by atoms with Crippen LogP contribution in [0.5, 0.6) is 0 Å². The van der Waals surface area contributed by atoms with Gasteiger partial charge < -0.3 is 11.1 Å². The van der Waals surface area contributed by atoms with Crippen molar-refractivity contribution < 1.29 is 4.79 Å². The molecule has 6 heteroatoms. The predicted octanol–water partition coefficient (Wildman–Crippen LogP) is 2.29. The van der Waals surface area contributed by atoms with Crippen molar-refractivity contribution >= 4 is 23.5 Å². The quantitative estimate of drug-likeness (QED) is 0.768. The maximum absolute atomic E-state index is 12.4. The number of benzene rings is 2. The van der Waals surface area contributed by atoms with Crippen LogP contribution in [0.4, 0.5) is 17.6 Å². The molecule has 0 radical (unpaired) electrons. The number of aromatic nitrogens is 3. The summed E-state index contributed by atoms with van der Waals surface area (Å²) in [5.74, 6) is 0.0310. The summed E-state index contributed by atoms with van der Waals surface area (Å²) in [6.45, 7) is 0. The zero-order valence-corrected chi connectivity index (χ0v) is 11.1. The van der Waals surface area contributed by atoms with Gasteiger partial charge in [-0.05, 0) is 24.3 Å². The van der Waals surface area contributed by atoms with Gasteiger partial charge in [0.05, 0.1) is 0 Å². The number of carbonyl (C=O) groups is 1. The van der Waals surface area contributed by atoms with Crippen molar-refractivity contribution in [3.8, 4) is 0 Å². The van der Waals surface area contributed by atoms with Gasteiger partial charge in [0, 0.05) is 11.3 Å². The van der Waals surface area contributed by atoms with E-state index in [4.69, 9.17) is 5.73 Å². The third kappa shape index (κ3) is 2.74. The van der Waals surface area contributed by atoms with E-state index in [9.17, 15) is 4.79 Å². The summed E-state index contributed by atoms with van der Waals surface area (Å²) in [6.07, 6.45) is 0. The Morgan fingerprint density at radius 1 is 1.00 bits per heavy atom. The highest BCUT2D eigenvalue weighted by Crippen LogP contribution is 2.16. The van der Waals surface area contributed by atoms with Gasteiger partial charge in [-0.15, -0.1) is 5.10 Å². The monoisotopic (exact) mass is 279 g/mol. The van der Waals surface area contributed by atoms with Crippen LogP contribution in [0.1, 0.15) is 10.4 Å². The van der Waals surface area contributed by atoms with Crippen LogP contribution in [0.3, 0.4) is 0 Å². The Hall–Kier alpha value is -3.15. The Balaban J connectivity index is 1.95. The summed E-state index contributed by atoms with van der Waals surface area (Å²) < 4.78 is 1.16. The van der Waals surface area contributed by atoms with Gasteiger partial charge in [0.15, 0.2) is 0 Å². The molecule has 3 aromatic rings. The van der Waals surface area contributed by atoms with Crippen LogP contribution in [-0.2, 0) is 0 Å². The average molecular weight is 279 g/mol. The van der Waals surface area contributed by atoms with Crippen molar-refractivity contribution in [3.63, 3.8) is 0 Å². The summed E-state index contributed by atoms with van der Waals surface area (Å²) in [5, 5.41) is 6.99. The highest BCUT2D eigenvalue weighted by molar-refractivity contribution is 5.97. The van der Waals surface area contributed by atoms with E-state index in [2.05, 4.69) is 15.4 Å². The number of para-hydroxylation sites is 1. The standard InChI is InChI=1S/C15H13N5O/c16-14-18-15(17-12-9-5-2-6-10-12)20(19-14)13(21)11-7-3-1-4-8-11/h1-10H,(H3,16,17,18,19). The lowest BCUT2D eigenvalue weighted by molar-refractivity contribution is 0.0948. The van der Waals surface area contributed by atoms with Crippen LogP contribution in [0.15, 0.2) is 60.7 Å². The number of hydrogen-bond acceptors (Lipinski definition) is 5. The van der Waals surface area contributed by atoms with Crippen molar-refractivity contribution in [2.24, 2.45) is 0 Å². The number of carbonyl (C=O) groups excluding carboxylic acids is 1. The number of nitrogens with two attached hydrogens (primary N) is 1. The van der Waals surface area contributed by atoms with Gasteiger partial charge in [-0.1, -0.05) is 36.4 Å². The number of nitrogen functional groups attached to an aromatic ring is 1. The number of anilines is 3. The lowest BCUT2D eigenvalue weighted by Gasteiger charge is -2.06. The third-order valence-electron chi connectivity index (χ3n) is 2.87. The molecular formula is C15H13N5O. The van der Waals surface area contributed by atoms with E-state index in [1.165, 1.54) is 0 Å². The minimum Gasteiger partial charge on any atom is -0.366 e. The number of hydrogen-bond donors (Lipinski definition) is 2. The minimum atomic E-state index is -0.293. The first kappa shape index (κ1) is 12.9. The highest BCUT2D eigenvalue weighted by Gasteiger charge is 2.16. The maximum Gasteiger partial charge on any atom is 0.281 e. The number of rotatable bonds is 3. The van der Waals surface area contributed by atoms with Crippen molar-refractivity contribution in [2.45, 2.75) is 0 Å². The second kappa shape index (κ2) is 5.46. The van der Waals surface area contributed by atoms with Crippen LogP contribution < -0.4 is 11.1 Å². The van der Waals surface area contributed by atoms with E-state index < -0.39 is 0 Å². The molecule has 0 unspecified atom stereocenters. The number of nitrogens with one attached hydrogen (secondary N) is 1. The highest BCUT2D eigenvalue weighted by atomic mass is 16.2. The first-order valence-corrected chi connectivity index (χ1v) is 6.38.